The number of hydrogen-bond acceptors (Lipinski definition) is 4. The van der Waals surface area contributed by atoms with E-state index in [4.69, 9.17) is 5.11 Å². The van der Waals surface area contributed by atoms with Gasteiger partial charge in [-0.25, -0.2) is 4.79 Å². The molecule has 0 fully saturated rings. The number of non-ortho nitro benzene ring substituents is 1. The standard InChI is InChI=1S/C12H15N3O5/c1-8(11(16)17)5-6-13-12(18)14-9-3-2-4-10(7-9)15(19)20/h2-4,7-8H,5-6H2,1H3,(H,16,17)(H2,13,14,18). The Kier molecular flexibility index (Phi) is 5.45. The van der Waals surface area contributed by atoms with Crippen molar-refractivity contribution in [3.05, 3.63) is 34.4 Å². The van der Waals surface area contributed by atoms with E-state index in [0.29, 0.717) is 12.1 Å². The number of carbonyl (C=O) groups excluding carboxylic acids is 1. The van der Waals surface area contributed by atoms with Gasteiger partial charge in [0, 0.05) is 24.4 Å². The summed E-state index contributed by atoms with van der Waals surface area (Å²) in [4.78, 5) is 32.1. The number of nitrogens with one attached hydrogen (secondary N) is 2. The van der Waals surface area contributed by atoms with E-state index in [9.17, 15) is 19.7 Å². The lowest BCUT2D eigenvalue weighted by Crippen LogP contribution is -2.31. The molecule has 108 valence electrons. The maximum Gasteiger partial charge on any atom is 0.319 e. The summed E-state index contributed by atoms with van der Waals surface area (Å²) in [7, 11) is 0. The SMILES string of the molecule is CC(CCNC(=O)Nc1cccc([N+](=O)[O-])c1)C(=O)O. The van der Waals surface area contributed by atoms with Gasteiger partial charge in [-0.15, -0.1) is 0 Å². The van der Waals surface area contributed by atoms with Gasteiger partial charge in [0.2, 0.25) is 0 Å². The maximum atomic E-state index is 11.5. The normalized spacial score (nSPS) is 11.4. The van der Waals surface area contributed by atoms with Crippen LogP contribution in [-0.2, 0) is 4.79 Å². The average Bonchev–Trinajstić information content (AvgIpc) is 2.38. The molecule has 1 rings (SSSR count). The lowest BCUT2D eigenvalue weighted by Gasteiger charge is -2.09. The zero-order valence-corrected chi connectivity index (χ0v) is 10.8. The van der Waals surface area contributed by atoms with Crippen LogP contribution in [0.5, 0.6) is 0 Å². The molecule has 0 aliphatic rings. The van der Waals surface area contributed by atoms with Crippen molar-refractivity contribution >= 4 is 23.4 Å². The predicted molar refractivity (Wildman–Crippen MR) is 71.5 cm³/mol. The number of aliphatic carboxylic acids is 1. The van der Waals surface area contributed by atoms with Gasteiger partial charge in [-0.3, -0.25) is 14.9 Å². The van der Waals surface area contributed by atoms with Crippen LogP contribution in [0.4, 0.5) is 16.2 Å². The number of carbonyl (C=O) groups is 2. The molecule has 3 N–H and O–H groups in total. The summed E-state index contributed by atoms with van der Waals surface area (Å²) < 4.78 is 0. The highest BCUT2D eigenvalue weighted by molar-refractivity contribution is 5.89. The number of urea groups is 1. The molecule has 0 bridgehead atoms. The highest BCUT2D eigenvalue weighted by atomic mass is 16.6. The summed E-state index contributed by atoms with van der Waals surface area (Å²) in [6, 6.07) is 4.99. The van der Waals surface area contributed by atoms with Crippen molar-refractivity contribution < 1.29 is 19.6 Å². The van der Waals surface area contributed by atoms with E-state index in [1.165, 1.54) is 24.3 Å². The Morgan fingerprint density at radius 3 is 2.75 bits per heavy atom. The Balaban J connectivity index is 2.44. The Hall–Kier alpha value is -2.64. The largest absolute Gasteiger partial charge is 0.481 e. The Morgan fingerprint density at radius 1 is 1.45 bits per heavy atom. The second-order valence-electron chi connectivity index (χ2n) is 4.22. The van der Waals surface area contributed by atoms with Crippen LogP contribution in [0.2, 0.25) is 0 Å². The highest BCUT2D eigenvalue weighted by Crippen LogP contribution is 2.16. The zero-order chi connectivity index (χ0) is 15.1. The van der Waals surface area contributed by atoms with Crippen molar-refractivity contribution in [3.8, 4) is 0 Å². The van der Waals surface area contributed by atoms with Crippen LogP contribution in [0.1, 0.15) is 13.3 Å². The Bertz CT molecular complexity index is 518. The minimum absolute atomic E-state index is 0.123. The van der Waals surface area contributed by atoms with Gasteiger partial charge in [-0.05, 0) is 12.5 Å². The summed E-state index contributed by atoms with van der Waals surface area (Å²) >= 11 is 0. The van der Waals surface area contributed by atoms with Gasteiger partial charge in [0.1, 0.15) is 0 Å². The van der Waals surface area contributed by atoms with Crippen LogP contribution in [0, 0.1) is 16.0 Å². The number of benzene rings is 1. The van der Waals surface area contributed by atoms with Crippen molar-refractivity contribution in [1.82, 2.24) is 5.32 Å². The molecule has 8 heteroatoms. The fourth-order valence-corrected chi connectivity index (χ4v) is 1.40. The molecule has 0 heterocycles. The van der Waals surface area contributed by atoms with Gasteiger partial charge in [0.15, 0.2) is 0 Å². The van der Waals surface area contributed by atoms with E-state index in [2.05, 4.69) is 10.6 Å². The van der Waals surface area contributed by atoms with Crippen molar-refractivity contribution in [1.29, 1.82) is 0 Å². The van der Waals surface area contributed by atoms with Crippen LogP contribution in [0.25, 0.3) is 0 Å². The van der Waals surface area contributed by atoms with E-state index in [1.807, 2.05) is 0 Å². The second kappa shape index (κ2) is 7.07. The van der Waals surface area contributed by atoms with E-state index in [0.717, 1.165) is 0 Å². The number of nitro benzene ring substituents is 1. The van der Waals surface area contributed by atoms with E-state index in [1.54, 1.807) is 6.92 Å². The van der Waals surface area contributed by atoms with E-state index < -0.39 is 22.8 Å². The molecule has 1 aromatic carbocycles. The molecule has 0 saturated heterocycles. The maximum absolute atomic E-state index is 11.5. The van der Waals surface area contributed by atoms with E-state index in [-0.39, 0.29) is 12.2 Å². The lowest BCUT2D eigenvalue weighted by molar-refractivity contribution is -0.384. The third-order valence-corrected chi connectivity index (χ3v) is 2.60. The number of carboxylic acid groups (broad SMARTS) is 1. The third kappa shape index (κ3) is 4.92. The first kappa shape index (κ1) is 15.4. The molecule has 0 radical (unpaired) electrons. The van der Waals surface area contributed by atoms with Crippen LogP contribution in [0.3, 0.4) is 0 Å². The summed E-state index contributed by atoms with van der Waals surface area (Å²) in [5.41, 5.74) is 0.172. The molecule has 0 aromatic heterocycles. The fraction of sp³-hybridized carbons (Fsp3) is 0.333. The summed E-state index contributed by atoms with van der Waals surface area (Å²) in [6.07, 6.45) is 0.303. The van der Waals surface area contributed by atoms with Gasteiger partial charge in [0.25, 0.3) is 5.69 Å². The minimum Gasteiger partial charge on any atom is -0.481 e. The molecular weight excluding hydrogens is 266 g/mol. The van der Waals surface area contributed by atoms with Crippen LogP contribution in [0.15, 0.2) is 24.3 Å². The summed E-state index contributed by atoms with van der Waals surface area (Å²) in [5.74, 6) is -1.47. The second-order valence-corrected chi connectivity index (χ2v) is 4.22. The third-order valence-electron chi connectivity index (χ3n) is 2.60. The quantitative estimate of drug-likeness (QED) is 0.542. The summed E-state index contributed by atoms with van der Waals surface area (Å²) in [6.45, 7) is 1.75. The number of rotatable bonds is 6. The van der Waals surface area contributed by atoms with Crippen LogP contribution >= 0.6 is 0 Å². The van der Waals surface area contributed by atoms with Gasteiger partial charge < -0.3 is 15.7 Å². The van der Waals surface area contributed by atoms with Gasteiger partial charge in [-0.1, -0.05) is 13.0 Å². The molecule has 0 saturated carbocycles. The number of carboxylic acids is 1. The molecular formula is C12H15N3O5. The monoisotopic (exact) mass is 281 g/mol. The number of anilines is 1. The molecule has 1 atom stereocenters. The van der Waals surface area contributed by atoms with Crippen molar-refractivity contribution in [2.75, 3.05) is 11.9 Å². The number of amides is 2. The Morgan fingerprint density at radius 2 is 2.15 bits per heavy atom. The van der Waals surface area contributed by atoms with Crippen LogP contribution < -0.4 is 10.6 Å². The molecule has 8 nitrogen and oxygen atoms in total. The van der Waals surface area contributed by atoms with Crippen molar-refractivity contribution in [3.63, 3.8) is 0 Å². The number of nitrogens with zero attached hydrogens (tertiary/aromatic N) is 1. The first-order valence-corrected chi connectivity index (χ1v) is 5.92. The number of nitro groups is 1. The highest BCUT2D eigenvalue weighted by Gasteiger charge is 2.11. The molecule has 20 heavy (non-hydrogen) atoms. The van der Waals surface area contributed by atoms with E-state index >= 15 is 0 Å². The average molecular weight is 281 g/mol. The molecule has 2 amide bonds. The van der Waals surface area contributed by atoms with Gasteiger partial charge >= 0.3 is 12.0 Å². The van der Waals surface area contributed by atoms with Gasteiger partial charge in [0.05, 0.1) is 10.8 Å². The first-order valence-electron chi connectivity index (χ1n) is 5.92. The molecule has 0 aliphatic heterocycles. The molecule has 0 spiro atoms. The topological polar surface area (TPSA) is 122 Å². The Labute approximate surface area is 114 Å². The van der Waals surface area contributed by atoms with Crippen molar-refractivity contribution in [2.24, 2.45) is 5.92 Å². The first-order chi connectivity index (χ1) is 9.40. The molecule has 1 unspecified atom stereocenters. The fourth-order valence-electron chi connectivity index (χ4n) is 1.40. The van der Waals surface area contributed by atoms with Crippen LogP contribution in [-0.4, -0.2) is 28.6 Å². The summed E-state index contributed by atoms with van der Waals surface area (Å²) in [5, 5.41) is 24.2. The van der Waals surface area contributed by atoms with Gasteiger partial charge in [-0.2, -0.15) is 0 Å². The molecule has 0 aliphatic carbocycles. The lowest BCUT2D eigenvalue weighted by atomic mass is 10.1. The molecule has 1 aromatic rings. The number of hydrogen-bond donors (Lipinski definition) is 3. The minimum atomic E-state index is -0.925. The smallest absolute Gasteiger partial charge is 0.319 e. The zero-order valence-electron chi connectivity index (χ0n) is 10.8. The van der Waals surface area contributed by atoms with Crippen molar-refractivity contribution in [2.45, 2.75) is 13.3 Å². The predicted octanol–water partition coefficient (Wildman–Crippen LogP) is 1.83.